The molecule has 1 aliphatic rings. The third-order valence-electron chi connectivity index (χ3n) is 4.15. The summed E-state index contributed by atoms with van der Waals surface area (Å²) in [7, 11) is -3.59. The summed E-state index contributed by atoms with van der Waals surface area (Å²) in [5.74, 6) is -0.641. The van der Waals surface area contributed by atoms with Crippen molar-refractivity contribution in [1.29, 1.82) is 0 Å². The number of carboxylic acids is 1. The predicted molar refractivity (Wildman–Crippen MR) is 89.3 cm³/mol. The maximum atomic E-state index is 12.2. The highest BCUT2D eigenvalue weighted by Gasteiger charge is 2.29. The van der Waals surface area contributed by atoms with Crippen LogP contribution >= 0.6 is 0 Å². The van der Waals surface area contributed by atoms with E-state index in [0.717, 1.165) is 0 Å². The highest BCUT2D eigenvalue weighted by atomic mass is 32.2. The molecule has 0 saturated heterocycles. The van der Waals surface area contributed by atoms with Gasteiger partial charge in [-0.1, -0.05) is 12.1 Å². The van der Waals surface area contributed by atoms with Crippen molar-refractivity contribution in [2.75, 3.05) is 4.72 Å². The molecule has 2 N–H and O–H groups in total. The van der Waals surface area contributed by atoms with Crippen LogP contribution in [-0.4, -0.2) is 29.3 Å². The zero-order valence-corrected chi connectivity index (χ0v) is 14.0. The first-order valence-corrected chi connectivity index (χ1v) is 9.36. The maximum absolute atomic E-state index is 12.2. The van der Waals surface area contributed by atoms with E-state index in [0.29, 0.717) is 17.2 Å². The lowest BCUT2D eigenvalue weighted by Crippen LogP contribution is -2.15. The third kappa shape index (κ3) is 3.94. The number of anilines is 1. The average Bonchev–Trinajstić information content (AvgIpc) is 3.27. The van der Waals surface area contributed by atoms with Gasteiger partial charge in [-0.05, 0) is 43.4 Å². The van der Waals surface area contributed by atoms with Gasteiger partial charge in [0.05, 0.1) is 29.2 Å². The summed E-state index contributed by atoms with van der Waals surface area (Å²) < 4.78 is 28.8. The molecular formula is C16H19N3O4S. The molecule has 1 atom stereocenters. The van der Waals surface area contributed by atoms with E-state index in [1.165, 1.54) is 43.3 Å². The minimum absolute atomic E-state index is 0.124. The molecule has 2 aromatic rings. The van der Waals surface area contributed by atoms with Crippen molar-refractivity contribution in [2.45, 2.75) is 31.6 Å². The van der Waals surface area contributed by atoms with Gasteiger partial charge in [0.2, 0.25) is 10.0 Å². The zero-order chi connectivity index (χ0) is 17.3. The van der Waals surface area contributed by atoms with E-state index in [1.807, 2.05) is 0 Å². The fourth-order valence-corrected chi connectivity index (χ4v) is 3.75. The van der Waals surface area contributed by atoms with E-state index in [-0.39, 0.29) is 17.4 Å². The molecular weight excluding hydrogens is 330 g/mol. The first kappa shape index (κ1) is 16.5. The summed E-state index contributed by atoms with van der Waals surface area (Å²) in [5, 5.41) is 13.1. The number of aromatic carboxylic acids is 1. The summed E-state index contributed by atoms with van der Waals surface area (Å²) in [6.45, 7) is 2.08. The number of aromatic nitrogens is 2. The molecule has 0 bridgehead atoms. The summed E-state index contributed by atoms with van der Waals surface area (Å²) in [4.78, 5) is 10.8. The van der Waals surface area contributed by atoms with Crippen LogP contribution < -0.4 is 4.72 Å². The van der Waals surface area contributed by atoms with Crippen LogP contribution in [0.5, 0.6) is 0 Å². The zero-order valence-electron chi connectivity index (χ0n) is 13.2. The van der Waals surface area contributed by atoms with Gasteiger partial charge in [-0.15, -0.1) is 0 Å². The molecule has 128 valence electrons. The summed E-state index contributed by atoms with van der Waals surface area (Å²) in [6.07, 6.45) is 5.58. The lowest BCUT2D eigenvalue weighted by Gasteiger charge is -2.10. The molecule has 0 amide bonds. The summed E-state index contributed by atoms with van der Waals surface area (Å²) in [6, 6.07) is 6.06. The van der Waals surface area contributed by atoms with Crippen LogP contribution in [0, 0.1) is 5.92 Å². The molecule has 7 nitrogen and oxygen atoms in total. The Kier molecular flexibility index (Phi) is 4.31. The SMILES string of the molecule is CC(C1CC1)n1cc(NS(=O)(=O)Cc2ccc(C(=O)O)cc2)cn1. The van der Waals surface area contributed by atoms with Crippen molar-refractivity contribution in [3.05, 3.63) is 47.8 Å². The van der Waals surface area contributed by atoms with Crippen LogP contribution in [0.4, 0.5) is 5.69 Å². The van der Waals surface area contributed by atoms with Crippen LogP contribution in [0.25, 0.3) is 0 Å². The van der Waals surface area contributed by atoms with E-state index < -0.39 is 16.0 Å². The van der Waals surface area contributed by atoms with Crippen molar-refractivity contribution < 1.29 is 18.3 Å². The average molecular weight is 349 g/mol. The van der Waals surface area contributed by atoms with Gasteiger partial charge >= 0.3 is 5.97 Å². The molecule has 0 radical (unpaired) electrons. The number of carbonyl (C=O) groups is 1. The van der Waals surface area contributed by atoms with Gasteiger partial charge in [-0.3, -0.25) is 9.40 Å². The Balaban J connectivity index is 1.66. The molecule has 1 fully saturated rings. The van der Waals surface area contributed by atoms with Crippen LogP contribution in [0.3, 0.4) is 0 Å². The van der Waals surface area contributed by atoms with E-state index >= 15 is 0 Å². The number of hydrogen-bond acceptors (Lipinski definition) is 4. The molecule has 3 rings (SSSR count). The molecule has 24 heavy (non-hydrogen) atoms. The largest absolute Gasteiger partial charge is 0.478 e. The molecule has 1 aliphatic carbocycles. The minimum Gasteiger partial charge on any atom is -0.478 e. The van der Waals surface area contributed by atoms with Gasteiger partial charge in [-0.25, -0.2) is 13.2 Å². The molecule has 1 saturated carbocycles. The fraction of sp³-hybridized carbons (Fsp3) is 0.375. The van der Waals surface area contributed by atoms with Crippen molar-refractivity contribution in [2.24, 2.45) is 5.92 Å². The van der Waals surface area contributed by atoms with Crippen LogP contribution in [0.1, 0.15) is 41.7 Å². The Hall–Kier alpha value is -2.35. The summed E-state index contributed by atoms with van der Waals surface area (Å²) in [5.41, 5.74) is 1.08. The smallest absolute Gasteiger partial charge is 0.335 e. The Morgan fingerprint density at radius 3 is 2.62 bits per heavy atom. The quantitative estimate of drug-likeness (QED) is 0.800. The van der Waals surface area contributed by atoms with Crippen LogP contribution in [-0.2, 0) is 15.8 Å². The summed E-state index contributed by atoms with van der Waals surface area (Å²) >= 11 is 0. The standard InChI is InChI=1S/C16H19N3O4S/c1-11(13-6-7-13)19-9-15(8-17-19)18-24(22,23)10-12-2-4-14(5-3-12)16(20)21/h2-5,8-9,11,13,18H,6-7,10H2,1H3,(H,20,21). The monoisotopic (exact) mass is 349 g/mol. The number of benzene rings is 1. The first-order chi connectivity index (χ1) is 11.3. The van der Waals surface area contributed by atoms with Crippen molar-refractivity contribution in [3.8, 4) is 0 Å². The van der Waals surface area contributed by atoms with Crippen LogP contribution in [0.2, 0.25) is 0 Å². The molecule has 1 aromatic carbocycles. The molecule has 1 aromatic heterocycles. The third-order valence-corrected chi connectivity index (χ3v) is 5.41. The first-order valence-electron chi connectivity index (χ1n) is 7.71. The lowest BCUT2D eigenvalue weighted by atomic mass is 10.1. The second kappa shape index (κ2) is 6.27. The van der Waals surface area contributed by atoms with Crippen LogP contribution in [0.15, 0.2) is 36.7 Å². The van der Waals surface area contributed by atoms with Gasteiger partial charge in [0.1, 0.15) is 0 Å². The highest BCUT2D eigenvalue weighted by molar-refractivity contribution is 7.91. The minimum atomic E-state index is -3.59. The molecule has 0 spiro atoms. The molecule has 0 aliphatic heterocycles. The Morgan fingerprint density at radius 1 is 1.38 bits per heavy atom. The van der Waals surface area contributed by atoms with E-state index in [9.17, 15) is 13.2 Å². The van der Waals surface area contributed by atoms with E-state index in [4.69, 9.17) is 5.11 Å². The molecule has 1 heterocycles. The van der Waals surface area contributed by atoms with Crippen molar-refractivity contribution >= 4 is 21.7 Å². The van der Waals surface area contributed by atoms with E-state index in [1.54, 1.807) is 10.9 Å². The predicted octanol–water partition coefficient (Wildman–Crippen LogP) is 2.49. The Morgan fingerprint density at radius 2 is 2.04 bits per heavy atom. The van der Waals surface area contributed by atoms with Gasteiger partial charge in [-0.2, -0.15) is 5.10 Å². The topological polar surface area (TPSA) is 101 Å². The number of nitrogens with one attached hydrogen (secondary N) is 1. The van der Waals surface area contributed by atoms with Gasteiger partial charge < -0.3 is 5.11 Å². The number of carboxylic acid groups (broad SMARTS) is 1. The van der Waals surface area contributed by atoms with Crippen molar-refractivity contribution in [1.82, 2.24) is 9.78 Å². The number of nitrogens with zero attached hydrogens (tertiary/aromatic N) is 2. The van der Waals surface area contributed by atoms with Gasteiger partial charge in [0, 0.05) is 6.20 Å². The van der Waals surface area contributed by atoms with Gasteiger partial charge in [0.25, 0.3) is 0 Å². The van der Waals surface area contributed by atoms with Gasteiger partial charge in [0.15, 0.2) is 0 Å². The fourth-order valence-electron chi connectivity index (χ4n) is 2.59. The Bertz CT molecular complexity index is 838. The van der Waals surface area contributed by atoms with E-state index in [2.05, 4.69) is 16.7 Å². The Labute approximate surface area is 140 Å². The maximum Gasteiger partial charge on any atom is 0.335 e. The second-order valence-corrected chi connectivity index (χ2v) is 7.87. The lowest BCUT2D eigenvalue weighted by molar-refractivity contribution is 0.0697. The number of hydrogen-bond donors (Lipinski definition) is 2. The molecule has 8 heteroatoms. The number of rotatable bonds is 7. The normalized spacial score (nSPS) is 15.9. The highest BCUT2D eigenvalue weighted by Crippen LogP contribution is 2.39. The van der Waals surface area contributed by atoms with Crippen molar-refractivity contribution in [3.63, 3.8) is 0 Å². The number of sulfonamides is 1. The second-order valence-electron chi connectivity index (χ2n) is 6.15. The molecule has 1 unspecified atom stereocenters.